The molecule has 4 heteroatoms. The van der Waals surface area contributed by atoms with Crippen molar-refractivity contribution >= 4 is 5.97 Å². The first-order valence-electron chi connectivity index (χ1n) is 6.14. The topological polar surface area (TPSA) is 60.8 Å². The first-order chi connectivity index (χ1) is 7.50. The lowest BCUT2D eigenvalue weighted by Gasteiger charge is -2.37. The lowest BCUT2D eigenvalue weighted by molar-refractivity contribution is -0.140. The normalized spacial score (nSPS) is 26.3. The molecule has 2 atom stereocenters. The molecule has 0 heterocycles. The van der Waals surface area contributed by atoms with Crippen molar-refractivity contribution in [3.63, 3.8) is 0 Å². The summed E-state index contributed by atoms with van der Waals surface area (Å²) < 4.78 is 0. The highest BCUT2D eigenvalue weighted by Gasteiger charge is 2.29. The van der Waals surface area contributed by atoms with Crippen LogP contribution in [-0.2, 0) is 4.79 Å². The second-order valence-corrected chi connectivity index (χ2v) is 5.14. The quantitative estimate of drug-likeness (QED) is 0.746. The van der Waals surface area contributed by atoms with Gasteiger partial charge in [-0.3, -0.25) is 9.69 Å². The molecule has 0 amide bonds. The Kier molecular flexibility index (Phi) is 5.22. The molecular formula is C12H23NO3. The van der Waals surface area contributed by atoms with Crippen molar-refractivity contribution in [2.24, 2.45) is 5.92 Å². The second-order valence-electron chi connectivity index (χ2n) is 5.14. The zero-order chi connectivity index (χ0) is 12.1. The molecule has 0 spiro atoms. The van der Waals surface area contributed by atoms with Crippen LogP contribution in [0.15, 0.2) is 0 Å². The number of aliphatic hydroxyl groups is 1. The van der Waals surface area contributed by atoms with Gasteiger partial charge >= 0.3 is 5.97 Å². The molecule has 0 radical (unpaired) electrons. The van der Waals surface area contributed by atoms with Gasteiger partial charge in [-0.05, 0) is 18.8 Å². The average molecular weight is 229 g/mol. The summed E-state index contributed by atoms with van der Waals surface area (Å²) in [6, 6.07) is 0.0345. The molecule has 2 unspecified atom stereocenters. The molecule has 4 nitrogen and oxygen atoms in total. The zero-order valence-corrected chi connectivity index (χ0v) is 10.2. The van der Waals surface area contributed by atoms with Gasteiger partial charge in [0.05, 0.1) is 12.6 Å². The molecule has 0 aromatic heterocycles. The van der Waals surface area contributed by atoms with E-state index >= 15 is 0 Å². The van der Waals surface area contributed by atoms with Gasteiger partial charge in [0.25, 0.3) is 0 Å². The van der Waals surface area contributed by atoms with Crippen LogP contribution in [0.25, 0.3) is 0 Å². The van der Waals surface area contributed by atoms with Crippen molar-refractivity contribution in [3.05, 3.63) is 0 Å². The molecule has 16 heavy (non-hydrogen) atoms. The predicted octanol–water partition coefficient (Wildman–Crippen LogP) is 1.33. The molecule has 0 aromatic carbocycles. The standard InChI is InChI=1S/C12H23NO3/c1-9(2)7-13(8-12(15)16)10-5-3-4-6-11(10)14/h9-11,14H,3-8H2,1-2H3,(H,15,16). The number of carboxylic acids is 1. The maximum atomic E-state index is 10.8. The Morgan fingerprint density at radius 2 is 2.00 bits per heavy atom. The van der Waals surface area contributed by atoms with E-state index in [0.717, 1.165) is 32.2 Å². The minimum absolute atomic E-state index is 0.0345. The van der Waals surface area contributed by atoms with Crippen molar-refractivity contribution < 1.29 is 15.0 Å². The van der Waals surface area contributed by atoms with Crippen molar-refractivity contribution in [3.8, 4) is 0 Å². The molecule has 0 saturated heterocycles. The Bertz CT molecular complexity index is 230. The van der Waals surface area contributed by atoms with Crippen molar-refractivity contribution in [2.75, 3.05) is 13.1 Å². The summed E-state index contributed by atoms with van der Waals surface area (Å²) in [5.74, 6) is -0.382. The van der Waals surface area contributed by atoms with Gasteiger partial charge in [0.15, 0.2) is 0 Å². The first-order valence-corrected chi connectivity index (χ1v) is 6.14. The Morgan fingerprint density at radius 3 is 2.50 bits per heavy atom. The van der Waals surface area contributed by atoms with Crippen LogP contribution < -0.4 is 0 Å². The molecule has 1 rings (SSSR count). The van der Waals surface area contributed by atoms with Gasteiger partial charge in [0.2, 0.25) is 0 Å². The Hall–Kier alpha value is -0.610. The van der Waals surface area contributed by atoms with E-state index in [0.29, 0.717) is 5.92 Å². The van der Waals surface area contributed by atoms with Crippen LogP contribution in [0, 0.1) is 5.92 Å². The third-order valence-corrected chi connectivity index (χ3v) is 3.10. The van der Waals surface area contributed by atoms with Gasteiger partial charge in [-0.2, -0.15) is 0 Å². The summed E-state index contributed by atoms with van der Waals surface area (Å²) in [5, 5.41) is 18.8. The van der Waals surface area contributed by atoms with Crippen LogP contribution >= 0.6 is 0 Å². The summed E-state index contributed by atoms with van der Waals surface area (Å²) in [4.78, 5) is 12.7. The van der Waals surface area contributed by atoms with E-state index in [-0.39, 0.29) is 18.7 Å². The Balaban J connectivity index is 2.61. The molecule has 94 valence electrons. The number of aliphatic carboxylic acids is 1. The number of nitrogens with zero attached hydrogens (tertiary/aromatic N) is 1. The van der Waals surface area contributed by atoms with Gasteiger partial charge in [0.1, 0.15) is 0 Å². The van der Waals surface area contributed by atoms with Crippen LogP contribution in [-0.4, -0.2) is 46.3 Å². The maximum Gasteiger partial charge on any atom is 0.317 e. The van der Waals surface area contributed by atoms with E-state index in [2.05, 4.69) is 13.8 Å². The van der Waals surface area contributed by atoms with E-state index in [4.69, 9.17) is 5.11 Å². The van der Waals surface area contributed by atoms with Crippen molar-refractivity contribution in [1.82, 2.24) is 4.90 Å². The van der Waals surface area contributed by atoms with Crippen LogP contribution in [0.2, 0.25) is 0 Å². The summed E-state index contributed by atoms with van der Waals surface area (Å²) in [6.07, 6.45) is 3.52. The smallest absolute Gasteiger partial charge is 0.317 e. The highest BCUT2D eigenvalue weighted by atomic mass is 16.4. The number of carboxylic acid groups (broad SMARTS) is 1. The number of hydrogen-bond donors (Lipinski definition) is 2. The summed E-state index contributed by atoms with van der Waals surface area (Å²) in [5.41, 5.74) is 0. The monoisotopic (exact) mass is 229 g/mol. The molecule has 2 N–H and O–H groups in total. The van der Waals surface area contributed by atoms with Crippen LogP contribution in [0.4, 0.5) is 0 Å². The van der Waals surface area contributed by atoms with Crippen LogP contribution in [0.5, 0.6) is 0 Å². The third kappa shape index (κ3) is 4.10. The summed E-state index contributed by atoms with van der Waals surface area (Å²) in [7, 11) is 0. The SMILES string of the molecule is CC(C)CN(CC(=O)O)C1CCCCC1O. The number of carbonyl (C=O) groups is 1. The highest BCUT2D eigenvalue weighted by Crippen LogP contribution is 2.23. The van der Waals surface area contributed by atoms with E-state index in [1.165, 1.54) is 0 Å². The number of aliphatic hydroxyl groups excluding tert-OH is 1. The maximum absolute atomic E-state index is 10.8. The van der Waals surface area contributed by atoms with E-state index in [9.17, 15) is 9.90 Å². The molecule has 1 fully saturated rings. The number of hydrogen-bond acceptors (Lipinski definition) is 3. The fraction of sp³-hybridized carbons (Fsp3) is 0.917. The minimum atomic E-state index is -0.807. The zero-order valence-electron chi connectivity index (χ0n) is 10.2. The van der Waals surface area contributed by atoms with Crippen LogP contribution in [0.1, 0.15) is 39.5 Å². The average Bonchev–Trinajstić information content (AvgIpc) is 2.15. The lowest BCUT2D eigenvalue weighted by atomic mass is 9.91. The Labute approximate surface area is 97.3 Å². The van der Waals surface area contributed by atoms with Gasteiger partial charge in [0, 0.05) is 12.6 Å². The molecular weight excluding hydrogens is 206 g/mol. The van der Waals surface area contributed by atoms with Crippen LogP contribution in [0.3, 0.4) is 0 Å². The largest absolute Gasteiger partial charge is 0.480 e. The number of rotatable bonds is 5. The van der Waals surface area contributed by atoms with Gasteiger partial charge in [-0.25, -0.2) is 0 Å². The van der Waals surface area contributed by atoms with Crippen molar-refractivity contribution in [2.45, 2.75) is 51.7 Å². The van der Waals surface area contributed by atoms with Crippen molar-refractivity contribution in [1.29, 1.82) is 0 Å². The summed E-state index contributed by atoms with van der Waals surface area (Å²) >= 11 is 0. The minimum Gasteiger partial charge on any atom is -0.480 e. The molecule has 1 aliphatic rings. The first kappa shape index (κ1) is 13.5. The molecule has 0 aromatic rings. The fourth-order valence-electron chi connectivity index (χ4n) is 2.48. The fourth-order valence-corrected chi connectivity index (χ4v) is 2.48. The summed E-state index contributed by atoms with van der Waals surface area (Å²) in [6.45, 7) is 4.93. The van der Waals surface area contributed by atoms with Gasteiger partial charge in [-0.15, -0.1) is 0 Å². The predicted molar refractivity (Wildman–Crippen MR) is 62.3 cm³/mol. The molecule has 0 aliphatic heterocycles. The van der Waals surface area contributed by atoms with E-state index in [1.54, 1.807) is 0 Å². The second kappa shape index (κ2) is 6.21. The third-order valence-electron chi connectivity index (χ3n) is 3.10. The Morgan fingerprint density at radius 1 is 1.38 bits per heavy atom. The van der Waals surface area contributed by atoms with E-state index < -0.39 is 5.97 Å². The molecule has 0 bridgehead atoms. The molecule has 1 saturated carbocycles. The van der Waals surface area contributed by atoms with E-state index in [1.807, 2.05) is 4.90 Å². The lowest BCUT2D eigenvalue weighted by Crippen LogP contribution is -2.48. The molecule has 1 aliphatic carbocycles. The van der Waals surface area contributed by atoms with Gasteiger partial charge in [-0.1, -0.05) is 26.7 Å². The highest BCUT2D eigenvalue weighted by molar-refractivity contribution is 5.69. The van der Waals surface area contributed by atoms with Gasteiger partial charge < -0.3 is 10.2 Å².